The third kappa shape index (κ3) is 3.74. The highest BCUT2D eigenvalue weighted by Gasteiger charge is 2.18. The van der Waals surface area contributed by atoms with Crippen molar-refractivity contribution in [3.05, 3.63) is 29.8 Å². The Morgan fingerprint density at radius 2 is 2.00 bits per heavy atom. The average molecular weight is 270 g/mol. The number of para-hydroxylation sites is 1. The maximum absolute atomic E-state index is 11.7. The summed E-state index contributed by atoms with van der Waals surface area (Å²) in [5.74, 6) is -0.137. The quantitative estimate of drug-likeness (QED) is 0.772. The summed E-state index contributed by atoms with van der Waals surface area (Å²) >= 11 is 5.44. The van der Waals surface area contributed by atoms with Crippen molar-refractivity contribution in [3.63, 3.8) is 0 Å². The molecule has 1 amide bonds. The van der Waals surface area contributed by atoms with Gasteiger partial charge in [0.15, 0.2) is 0 Å². The van der Waals surface area contributed by atoms with Gasteiger partial charge < -0.3 is 4.74 Å². The molecule has 0 fully saturated rings. The Bertz CT molecular complexity index is 434. The maximum Gasteiger partial charge on any atom is 0.414 e. The number of methoxy groups -OCH3 is 1. The number of hydrogen-bond acceptors (Lipinski definition) is 3. The molecule has 0 radical (unpaired) electrons. The molecule has 0 bridgehead atoms. The molecule has 0 atom stereocenters. The molecule has 18 heavy (non-hydrogen) atoms. The fourth-order valence-corrected chi connectivity index (χ4v) is 1.72. The average Bonchev–Trinajstić information content (AvgIpc) is 2.40. The van der Waals surface area contributed by atoms with Gasteiger partial charge in [0.2, 0.25) is 0 Å². The van der Waals surface area contributed by atoms with Crippen LogP contribution in [0.15, 0.2) is 24.3 Å². The molecular formula is C13H16ClNO3. The van der Waals surface area contributed by atoms with Crippen LogP contribution < -0.4 is 4.90 Å². The van der Waals surface area contributed by atoms with Gasteiger partial charge in [-0.1, -0.05) is 18.2 Å². The predicted octanol–water partition coefficient (Wildman–Crippen LogP) is 2.77. The van der Waals surface area contributed by atoms with Crippen LogP contribution in [0.5, 0.6) is 0 Å². The molecule has 0 aliphatic heterocycles. The number of ether oxygens (including phenoxy) is 1. The van der Waals surface area contributed by atoms with E-state index < -0.39 is 6.09 Å². The molecule has 98 valence electrons. The van der Waals surface area contributed by atoms with Gasteiger partial charge in [-0.05, 0) is 18.6 Å². The number of rotatable bonds is 5. The number of amides is 1. The summed E-state index contributed by atoms with van der Waals surface area (Å²) in [5, 5.41) is 0. The van der Waals surface area contributed by atoms with Gasteiger partial charge in [0, 0.05) is 18.7 Å². The third-order valence-corrected chi connectivity index (χ3v) is 2.86. The van der Waals surface area contributed by atoms with Gasteiger partial charge in [0.05, 0.1) is 13.0 Å². The van der Waals surface area contributed by atoms with Crippen LogP contribution in [0, 0.1) is 6.92 Å². The molecule has 0 N–H and O–H groups in total. The van der Waals surface area contributed by atoms with Crippen molar-refractivity contribution in [2.45, 2.75) is 13.3 Å². The second kappa shape index (κ2) is 7.01. The first-order valence-electron chi connectivity index (χ1n) is 5.59. The molecule has 1 rings (SSSR count). The number of carbonyl (C=O) groups excluding carboxylic acids is 2. The fourth-order valence-electron chi connectivity index (χ4n) is 1.59. The van der Waals surface area contributed by atoms with E-state index in [0.717, 1.165) is 11.3 Å². The molecule has 0 spiro atoms. The van der Waals surface area contributed by atoms with Crippen molar-refractivity contribution >= 4 is 29.2 Å². The highest BCUT2D eigenvalue weighted by Crippen LogP contribution is 2.20. The van der Waals surface area contributed by atoms with Gasteiger partial charge in [-0.15, -0.1) is 11.6 Å². The lowest BCUT2D eigenvalue weighted by Crippen LogP contribution is -2.33. The number of benzene rings is 1. The molecule has 1 aromatic rings. The van der Waals surface area contributed by atoms with E-state index in [0.29, 0.717) is 0 Å². The van der Waals surface area contributed by atoms with E-state index >= 15 is 0 Å². The molecule has 0 saturated heterocycles. The molecule has 0 aliphatic carbocycles. The highest BCUT2D eigenvalue weighted by atomic mass is 35.5. The summed E-state index contributed by atoms with van der Waals surface area (Å²) in [4.78, 5) is 24.4. The van der Waals surface area contributed by atoms with Crippen molar-refractivity contribution in [1.29, 1.82) is 0 Å². The number of ketones is 1. The summed E-state index contributed by atoms with van der Waals surface area (Å²) < 4.78 is 4.73. The van der Waals surface area contributed by atoms with E-state index in [4.69, 9.17) is 16.3 Å². The maximum atomic E-state index is 11.7. The molecule has 0 heterocycles. The van der Waals surface area contributed by atoms with Crippen LogP contribution in [-0.4, -0.2) is 31.4 Å². The molecule has 4 nitrogen and oxygen atoms in total. The van der Waals surface area contributed by atoms with E-state index in [1.807, 2.05) is 31.2 Å². The molecule has 1 aromatic carbocycles. The SMILES string of the molecule is COC(=O)N(CCC(=O)CCl)c1ccccc1C. The van der Waals surface area contributed by atoms with Crippen LogP contribution in [0.2, 0.25) is 0 Å². The van der Waals surface area contributed by atoms with Gasteiger partial charge >= 0.3 is 6.09 Å². The predicted molar refractivity (Wildman–Crippen MR) is 71.3 cm³/mol. The number of Topliss-reactive ketones (excluding diaryl/α,β-unsaturated/α-hetero) is 1. The number of alkyl halides is 1. The van der Waals surface area contributed by atoms with Crippen LogP contribution in [0.1, 0.15) is 12.0 Å². The van der Waals surface area contributed by atoms with Gasteiger partial charge in [-0.25, -0.2) is 4.79 Å². The van der Waals surface area contributed by atoms with Crippen LogP contribution in [0.4, 0.5) is 10.5 Å². The van der Waals surface area contributed by atoms with E-state index in [2.05, 4.69) is 0 Å². The number of nitrogens with zero attached hydrogens (tertiary/aromatic N) is 1. The zero-order valence-electron chi connectivity index (χ0n) is 10.5. The summed E-state index contributed by atoms with van der Waals surface area (Å²) in [5.41, 5.74) is 1.69. The van der Waals surface area contributed by atoms with Crippen molar-refractivity contribution in [1.82, 2.24) is 0 Å². The number of halogens is 1. The summed E-state index contributed by atoms with van der Waals surface area (Å²) in [6, 6.07) is 7.44. The molecule has 0 aromatic heterocycles. The van der Waals surface area contributed by atoms with Crippen molar-refractivity contribution in [2.75, 3.05) is 24.4 Å². The molecule has 0 unspecified atom stereocenters. The Morgan fingerprint density at radius 1 is 1.33 bits per heavy atom. The number of anilines is 1. The lowest BCUT2D eigenvalue weighted by molar-refractivity contribution is -0.116. The Labute approximate surface area is 111 Å². The second-order valence-corrected chi connectivity index (χ2v) is 4.10. The van der Waals surface area contributed by atoms with E-state index in [1.165, 1.54) is 12.0 Å². The monoisotopic (exact) mass is 269 g/mol. The number of carbonyl (C=O) groups is 2. The van der Waals surface area contributed by atoms with E-state index in [1.54, 1.807) is 0 Å². The van der Waals surface area contributed by atoms with Crippen LogP contribution in [0.3, 0.4) is 0 Å². The molecular weight excluding hydrogens is 254 g/mol. The van der Waals surface area contributed by atoms with Gasteiger partial charge in [0.25, 0.3) is 0 Å². The number of hydrogen-bond donors (Lipinski definition) is 0. The van der Waals surface area contributed by atoms with Crippen molar-refractivity contribution in [3.8, 4) is 0 Å². The van der Waals surface area contributed by atoms with Gasteiger partial charge in [-0.3, -0.25) is 9.69 Å². The van der Waals surface area contributed by atoms with Crippen LogP contribution in [-0.2, 0) is 9.53 Å². The zero-order chi connectivity index (χ0) is 13.5. The minimum Gasteiger partial charge on any atom is -0.452 e. The van der Waals surface area contributed by atoms with Crippen molar-refractivity contribution in [2.24, 2.45) is 0 Å². The zero-order valence-corrected chi connectivity index (χ0v) is 11.2. The Kier molecular flexibility index (Phi) is 5.65. The highest BCUT2D eigenvalue weighted by molar-refractivity contribution is 6.27. The third-order valence-electron chi connectivity index (χ3n) is 2.56. The van der Waals surface area contributed by atoms with E-state index in [-0.39, 0.29) is 24.6 Å². The number of aryl methyl sites for hydroxylation is 1. The van der Waals surface area contributed by atoms with Gasteiger partial charge in [-0.2, -0.15) is 0 Å². The van der Waals surface area contributed by atoms with E-state index in [9.17, 15) is 9.59 Å². The first-order chi connectivity index (χ1) is 8.60. The lowest BCUT2D eigenvalue weighted by Gasteiger charge is -2.22. The van der Waals surface area contributed by atoms with Gasteiger partial charge in [0.1, 0.15) is 5.78 Å². The minimum atomic E-state index is -0.480. The van der Waals surface area contributed by atoms with Crippen LogP contribution in [0.25, 0.3) is 0 Å². The first kappa shape index (κ1) is 14.5. The van der Waals surface area contributed by atoms with Crippen LogP contribution >= 0.6 is 11.6 Å². The lowest BCUT2D eigenvalue weighted by atomic mass is 10.1. The topological polar surface area (TPSA) is 46.6 Å². The fraction of sp³-hybridized carbons (Fsp3) is 0.385. The Balaban J connectivity index is 2.89. The minimum absolute atomic E-state index is 0.0389. The molecule has 5 heteroatoms. The summed E-state index contributed by atoms with van der Waals surface area (Å²) in [6.45, 7) is 2.16. The molecule has 0 saturated carbocycles. The summed E-state index contributed by atoms with van der Waals surface area (Å²) in [6.07, 6.45) is -0.265. The second-order valence-electron chi connectivity index (χ2n) is 3.83. The first-order valence-corrected chi connectivity index (χ1v) is 6.12. The largest absolute Gasteiger partial charge is 0.452 e. The smallest absolute Gasteiger partial charge is 0.414 e. The Morgan fingerprint density at radius 3 is 2.56 bits per heavy atom. The Hall–Kier alpha value is -1.55. The summed E-state index contributed by atoms with van der Waals surface area (Å²) in [7, 11) is 1.32. The molecule has 0 aliphatic rings. The standard InChI is InChI=1S/C13H16ClNO3/c1-10-5-3-4-6-12(10)15(13(17)18-2)8-7-11(16)9-14/h3-6H,7-9H2,1-2H3. The van der Waals surface area contributed by atoms with Crippen molar-refractivity contribution < 1.29 is 14.3 Å². The normalized spacial score (nSPS) is 9.94.